The number of carbonyl (C=O) groups excluding carboxylic acids is 2. The van der Waals surface area contributed by atoms with Crippen LogP contribution in [0.5, 0.6) is 11.5 Å². The molecule has 41 heavy (non-hydrogen) atoms. The Morgan fingerprint density at radius 2 is 1.78 bits per heavy atom. The van der Waals surface area contributed by atoms with Gasteiger partial charge in [0.2, 0.25) is 5.91 Å². The molecule has 0 aromatic heterocycles. The highest BCUT2D eigenvalue weighted by Crippen LogP contribution is 2.45. The maximum absolute atomic E-state index is 13.4. The Labute approximate surface area is 247 Å². The number of rotatable bonds is 10. The van der Waals surface area contributed by atoms with E-state index in [-0.39, 0.29) is 29.4 Å². The van der Waals surface area contributed by atoms with Crippen molar-refractivity contribution in [2.24, 2.45) is 0 Å². The molecule has 0 aliphatic carbocycles. The molecule has 1 aliphatic heterocycles. The van der Waals surface area contributed by atoms with E-state index in [2.05, 4.69) is 16.7 Å². The van der Waals surface area contributed by atoms with Gasteiger partial charge >= 0.3 is 5.97 Å². The first-order chi connectivity index (χ1) is 19.9. The molecule has 1 heterocycles. The number of thioether (sulfide) groups is 1. The van der Waals surface area contributed by atoms with Crippen molar-refractivity contribution in [2.45, 2.75) is 12.8 Å². The van der Waals surface area contributed by atoms with Crippen molar-refractivity contribution in [3.8, 4) is 17.6 Å². The summed E-state index contributed by atoms with van der Waals surface area (Å²) in [5.41, 5.74) is 2.77. The zero-order chi connectivity index (χ0) is 29.4. The van der Waals surface area contributed by atoms with Crippen LogP contribution < -0.4 is 20.1 Å². The zero-order valence-corrected chi connectivity index (χ0v) is 24.3. The van der Waals surface area contributed by atoms with Crippen molar-refractivity contribution >= 4 is 46.6 Å². The Morgan fingerprint density at radius 1 is 1.05 bits per heavy atom. The second kappa shape index (κ2) is 13.8. The third kappa shape index (κ3) is 6.68. The first-order valence-corrected chi connectivity index (χ1v) is 14.0. The van der Waals surface area contributed by atoms with E-state index in [9.17, 15) is 14.9 Å². The number of esters is 1. The number of hydrogen-bond donors (Lipinski definition) is 2. The van der Waals surface area contributed by atoms with Crippen LogP contribution in [0.2, 0.25) is 5.02 Å². The van der Waals surface area contributed by atoms with E-state index in [0.29, 0.717) is 38.5 Å². The molecule has 0 radical (unpaired) electrons. The average molecular weight is 590 g/mol. The first kappa shape index (κ1) is 29.6. The molecule has 2 N–H and O–H groups in total. The van der Waals surface area contributed by atoms with E-state index in [1.54, 1.807) is 56.5 Å². The maximum Gasteiger partial charge on any atom is 0.337 e. The molecule has 0 fully saturated rings. The predicted octanol–water partition coefficient (Wildman–Crippen LogP) is 6.13. The molecule has 1 amide bonds. The fourth-order valence-corrected chi connectivity index (χ4v) is 5.49. The molecule has 0 spiro atoms. The number of ether oxygens (including phenoxy) is 3. The van der Waals surface area contributed by atoms with Gasteiger partial charge in [-0.05, 0) is 36.2 Å². The number of nitrogens with zero attached hydrogens (tertiary/aromatic N) is 1. The molecule has 210 valence electrons. The summed E-state index contributed by atoms with van der Waals surface area (Å²) in [5, 5.41) is 17.3. The Kier molecular flexibility index (Phi) is 9.95. The topological polar surface area (TPSA) is 110 Å². The van der Waals surface area contributed by atoms with Crippen LogP contribution in [0.25, 0.3) is 5.70 Å². The average Bonchev–Trinajstić information content (AvgIpc) is 3.00. The highest BCUT2D eigenvalue weighted by atomic mass is 35.5. The van der Waals surface area contributed by atoms with Crippen molar-refractivity contribution in [1.29, 1.82) is 5.26 Å². The van der Waals surface area contributed by atoms with Crippen LogP contribution in [-0.4, -0.2) is 38.5 Å². The molecule has 3 aromatic carbocycles. The second-order valence-electron chi connectivity index (χ2n) is 8.71. The van der Waals surface area contributed by atoms with Crippen LogP contribution >= 0.6 is 23.4 Å². The molecule has 8 nitrogen and oxygen atoms in total. The summed E-state index contributed by atoms with van der Waals surface area (Å²) < 4.78 is 16.1. The molecular weight excluding hydrogens is 562 g/mol. The molecule has 10 heteroatoms. The number of allylic oxidation sites excluding steroid dienone is 1. The highest BCUT2D eigenvalue weighted by Gasteiger charge is 2.38. The smallest absolute Gasteiger partial charge is 0.337 e. The van der Waals surface area contributed by atoms with Gasteiger partial charge in [-0.25, -0.2) is 4.79 Å². The van der Waals surface area contributed by atoms with Crippen molar-refractivity contribution in [3.05, 3.63) is 105 Å². The van der Waals surface area contributed by atoms with Gasteiger partial charge in [0.15, 0.2) is 0 Å². The van der Waals surface area contributed by atoms with Crippen LogP contribution in [0.1, 0.15) is 24.0 Å². The number of hydrogen-bond acceptors (Lipinski definition) is 8. The van der Waals surface area contributed by atoms with E-state index in [1.165, 1.54) is 7.11 Å². The van der Waals surface area contributed by atoms with E-state index in [0.717, 1.165) is 17.3 Å². The number of methoxy groups -OCH3 is 2. The van der Waals surface area contributed by atoms with Gasteiger partial charge in [-0.3, -0.25) is 4.79 Å². The van der Waals surface area contributed by atoms with Gasteiger partial charge in [0, 0.05) is 11.1 Å². The summed E-state index contributed by atoms with van der Waals surface area (Å²) in [6.45, 7) is 1.88. The molecule has 0 bridgehead atoms. The number of benzene rings is 3. The SMILES string of the molecule is CCOC(=O)C1=C(c2ccccc2)NC(SCC(=O)Nc2ccc(OC)cc2OC)=C(C#N)[C@H]1c1ccccc1Cl. The quantitative estimate of drug-likeness (QED) is 0.272. The lowest BCUT2D eigenvalue weighted by Crippen LogP contribution is -2.30. The number of amides is 1. The fourth-order valence-electron chi connectivity index (χ4n) is 4.40. The third-order valence-electron chi connectivity index (χ3n) is 6.25. The summed E-state index contributed by atoms with van der Waals surface area (Å²) in [4.78, 5) is 26.5. The standard InChI is InChI=1S/C31H28ClN3O5S/c1-4-40-31(37)28-27(21-12-8-9-13-23(21)32)22(17-33)30(35-29(28)19-10-6-5-7-11-19)41-18-26(36)34-24-15-14-20(38-2)16-25(24)39-3/h5-16,27,35H,4,18H2,1-3H3,(H,34,36)/t27-/m1/s1. The largest absolute Gasteiger partial charge is 0.497 e. The number of nitrogens with one attached hydrogen (secondary N) is 2. The molecule has 1 atom stereocenters. The molecule has 0 saturated carbocycles. The van der Waals surface area contributed by atoms with Crippen molar-refractivity contribution < 1.29 is 23.8 Å². The minimum atomic E-state index is -0.823. The summed E-state index contributed by atoms with van der Waals surface area (Å²) in [5.74, 6) is -0.702. The Balaban J connectivity index is 1.74. The van der Waals surface area contributed by atoms with Crippen molar-refractivity contribution in [2.75, 3.05) is 31.9 Å². The van der Waals surface area contributed by atoms with Crippen LogP contribution in [0, 0.1) is 11.3 Å². The fraction of sp³-hybridized carbons (Fsp3) is 0.194. The Hall–Kier alpha value is -4.39. The Bertz CT molecular complexity index is 1550. The summed E-state index contributed by atoms with van der Waals surface area (Å²) in [6.07, 6.45) is 0. The van der Waals surface area contributed by atoms with Crippen LogP contribution in [0.3, 0.4) is 0 Å². The third-order valence-corrected chi connectivity index (χ3v) is 7.62. The summed E-state index contributed by atoms with van der Waals surface area (Å²) >= 11 is 7.76. The monoisotopic (exact) mass is 589 g/mol. The first-order valence-electron chi connectivity index (χ1n) is 12.7. The van der Waals surface area contributed by atoms with Gasteiger partial charge in [-0.15, -0.1) is 0 Å². The normalized spacial score (nSPS) is 14.6. The second-order valence-corrected chi connectivity index (χ2v) is 10.1. The number of dihydropyridines is 1. The zero-order valence-electron chi connectivity index (χ0n) is 22.7. The van der Waals surface area contributed by atoms with Crippen LogP contribution in [-0.2, 0) is 14.3 Å². The van der Waals surface area contributed by atoms with Crippen molar-refractivity contribution in [1.82, 2.24) is 5.32 Å². The van der Waals surface area contributed by atoms with Gasteiger partial charge in [0.1, 0.15) is 11.5 Å². The maximum atomic E-state index is 13.4. The number of halogens is 1. The summed E-state index contributed by atoms with van der Waals surface area (Å²) in [7, 11) is 3.05. The molecule has 3 aromatic rings. The lowest BCUT2D eigenvalue weighted by atomic mass is 9.81. The molecule has 0 saturated heterocycles. The van der Waals surface area contributed by atoms with Gasteiger partial charge in [-0.2, -0.15) is 5.26 Å². The lowest BCUT2D eigenvalue weighted by Gasteiger charge is -2.31. The van der Waals surface area contributed by atoms with Gasteiger partial charge in [-0.1, -0.05) is 71.9 Å². The Morgan fingerprint density at radius 3 is 2.44 bits per heavy atom. The predicted molar refractivity (Wildman–Crippen MR) is 161 cm³/mol. The highest BCUT2D eigenvalue weighted by molar-refractivity contribution is 8.03. The molecule has 4 rings (SSSR count). The lowest BCUT2D eigenvalue weighted by molar-refractivity contribution is -0.138. The van der Waals surface area contributed by atoms with Gasteiger partial charge in [0.05, 0.1) is 66.1 Å². The van der Waals surface area contributed by atoms with Crippen molar-refractivity contribution in [3.63, 3.8) is 0 Å². The number of nitriles is 1. The molecule has 0 unspecified atom stereocenters. The van der Waals surface area contributed by atoms with E-state index < -0.39 is 11.9 Å². The molecular formula is C31H28ClN3O5S. The van der Waals surface area contributed by atoms with Crippen LogP contribution in [0.15, 0.2) is 89.0 Å². The van der Waals surface area contributed by atoms with E-state index in [1.807, 2.05) is 30.3 Å². The number of anilines is 1. The number of carbonyl (C=O) groups is 2. The van der Waals surface area contributed by atoms with E-state index >= 15 is 0 Å². The van der Waals surface area contributed by atoms with E-state index in [4.69, 9.17) is 25.8 Å². The minimum Gasteiger partial charge on any atom is -0.497 e. The minimum absolute atomic E-state index is 0.0330. The van der Waals surface area contributed by atoms with Gasteiger partial charge < -0.3 is 24.8 Å². The van der Waals surface area contributed by atoms with Crippen LogP contribution in [0.4, 0.5) is 5.69 Å². The van der Waals surface area contributed by atoms with Gasteiger partial charge in [0.25, 0.3) is 0 Å². The molecule has 1 aliphatic rings. The summed E-state index contributed by atoms with van der Waals surface area (Å²) in [6, 6.07) is 23.7.